The Morgan fingerprint density at radius 1 is 1.11 bits per heavy atom. The minimum atomic E-state index is 0.440. The van der Waals surface area contributed by atoms with Crippen LogP contribution in [0.3, 0.4) is 0 Å². The van der Waals surface area contributed by atoms with Gasteiger partial charge in [0.1, 0.15) is 0 Å². The maximum Gasteiger partial charge on any atom is 0.199 e. The molecule has 0 N–H and O–H groups in total. The quantitative estimate of drug-likeness (QED) is 0.579. The van der Waals surface area contributed by atoms with Gasteiger partial charge < -0.3 is 0 Å². The van der Waals surface area contributed by atoms with Crippen LogP contribution in [0.4, 0.5) is 0 Å². The van der Waals surface area contributed by atoms with E-state index in [0.29, 0.717) is 12.1 Å². The zero-order valence-electron chi connectivity index (χ0n) is 16.2. The molecule has 1 saturated carbocycles. The predicted molar refractivity (Wildman–Crippen MR) is 112 cm³/mol. The van der Waals surface area contributed by atoms with E-state index >= 15 is 0 Å². The second-order valence-electron chi connectivity index (χ2n) is 7.97. The maximum absolute atomic E-state index is 5.85. The number of pyridine rings is 1. The zero-order chi connectivity index (χ0) is 19.1. The van der Waals surface area contributed by atoms with Gasteiger partial charge in [-0.25, -0.2) is 4.68 Å². The number of likely N-dealkylation sites (tertiary alicyclic amines) is 1. The van der Waals surface area contributed by atoms with Crippen molar-refractivity contribution in [2.45, 2.75) is 51.4 Å². The minimum Gasteiger partial charge on any atom is -0.297 e. The summed E-state index contributed by atoms with van der Waals surface area (Å²) >= 11 is 5.85. The van der Waals surface area contributed by atoms with E-state index in [1.807, 2.05) is 16.9 Å². The molecule has 1 unspecified atom stereocenters. The zero-order valence-corrected chi connectivity index (χ0v) is 17.0. The van der Waals surface area contributed by atoms with Crippen LogP contribution in [0, 0.1) is 11.7 Å². The van der Waals surface area contributed by atoms with E-state index in [1.165, 1.54) is 36.8 Å². The van der Waals surface area contributed by atoms with Crippen LogP contribution in [0.5, 0.6) is 0 Å². The molecule has 3 heterocycles. The first kappa shape index (κ1) is 17.8. The van der Waals surface area contributed by atoms with Crippen molar-refractivity contribution in [3.05, 3.63) is 64.7 Å². The molecule has 6 heteroatoms. The van der Waals surface area contributed by atoms with Gasteiger partial charge in [-0.05, 0) is 62.5 Å². The summed E-state index contributed by atoms with van der Waals surface area (Å²) in [5.41, 5.74) is 3.74. The van der Waals surface area contributed by atoms with Crippen molar-refractivity contribution in [2.75, 3.05) is 6.54 Å². The Kier molecular flexibility index (Phi) is 4.61. The van der Waals surface area contributed by atoms with Crippen molar-refractivity contribution >= 4 is 12.2 Å². The molecule has 2 fully saturated rings. The van der Waals surface area contributed by atoms with E-state index in [1.54, 1.807) is 6.20 Å². The Balaban J connectivity index is 1.47. The molecule has 28 heavy (non-hydrogen) atoms. The lowest BCUT2D eigenvalue weighted by Gasteiger charge is -2.24. The third kappa shape index (κ3) is 3.31. The molecule has 2 aromatic heterocycles. The Morgan fingerprint density at radius 3 is 2.64 bits per heavy atom. The summed E-state index contributed by atoms with van der Waals surface area (Å²) in [6.07, 6.45) is 8.45. The number of aromatic nitrogens is 4. The molecule has 5 nitrogen and oxygen atoms in total. The summed E-state index contributed by atoms with van der Waals surface area (Å²) < 4.78 is 5.09. The summed E-state index contributed by atoms with van der Waals surface area (Å²) in [5.74, 6) is 0.951. The van der Waals surface area contributed by atoms with Crippen LogP contribution in [-0.2, 0) is 6.67 Å². The summed E-state index contributed by atoms with van der Waals surface area (Å²) in [5, 5.41) is 4.94. The van der Waals surface area contributed by atoms with E-state index in [2.05, 4.69) is 51.7 Å². The molecule has 0 bridgehead atoms. The smallest absolute Gasteiger partial charge is 0.199 e. The SMILES string of the molecule is Cc1ccc(C2CCCN2Cn2nc(-c3cccnc3)n(C3CC3)c2=S)cc1. The molecular formula is C22H25N5S. The molecule has 1 saturated heterocycles. The average molecular weight is 392 g/mol. The lowest BCUT2D eigenvalue weighted by atomic mass is 10.0. The van der Waals surface area contributed by atoms with Crippen LogP contribution in [0.2, 0.25) is 0 Å². The normalized spacial score (nSPS) is 20.0. The summed E-state index contributed by atoms with van der Waals surface area (Å²) in [6.45, 7) is 3.96. The van der Waals surface area contributed by atoms with Gasteiger partial charge in [0.25, 0.3) is 0 Å². The van der Waals surface area contributed by atoms with Crippen LogP contribution >= 0.6 is 12.2 Å². The fourth-order valence-electron chi connectivity index (χ4n) is 4.20. The fraction of sp³-hybridized carbons (Fsp3) is 0.409. The van der Waals surface area contributed by atoms with Crippen molar-refractivity contribution in [1.29, 1.82) is 0 Å². The van der Waals surface area contributed by atoms with Gasteiger partial charge in [0.05, 0.1) is 6.67 Å². The number of benzene rings is 1. The van der Waals surface area contributed by atoms with Crippen LogP contribution < -0.4 is 0 Å². The van der Waals surface area contributed by atoms with Crippen LogP contribution in [0.25, 0.3) is 11.4 Å². The highest BCUT2D eigenvalue weighted by atomic mass is 32.1. The Labute approximate surface area is 170 Å². The van der Waals surface area contributed by atoms with Gasteiger partial charge in [0, 0.05) is 36.6 Å². The van der Waals surface area contributed by atoms with Crippen molar-refractivity contribution in [2.24, 2.45) is 0 Å². The van der Waals surface area contributed by atoms with E-state index in [0.717, 1.165) is 29.4 Å². The average Bonchev–Trinajstić information content (AvgIpc) is 3.36. The number of rotatable bonds is 5. The van der Waals surface area contributed by atoms with E-state index in [-0.39, 0.29) is 0 Å². The highest BCUT2D eigenvalue weighted by Gasteiger charge is 2.31. The van der Waals surface area contributed by atoms with Gasteiger partial charge in [0.2, 0.25) is 0 Å². The second kappa shape index (κ2) is 7.26. The molecular weight excluding hydrogens is 366 g/mol. The highest BCUT2D eigenvalue weighted by Crippen LogP contribution is 2.39. The van der Waals surface area contributed by atoms with Crippen LogP contribution in [0.1, 0.15) is 48.9 Å². The predicted octanol–water partition coefficient (Wildman–Crippen LogP) is 4.91. The lowest BCUT2D eigenvalue weighted by molar-refractivity contribution is 0.189. The standard InChI is InChI=1S/C22H25N5S/c1-16-6-8-17(9-7-16)20-5-3-13-25(20)15-26-22(28)27(19-10-11-19)21(24-26)18-4-2-12-23-14-18/h2,4,6-9,12,14,19-20H,3,5,10-11,13,15H2,1H3. The van der Waals surface area contributed by atoms with E-state index in [4.69, 9.17) is 17.3 Å². The number of aryl methyl sites for hydroxylation is 1. The van der Waals surface area contributed by atoms with Gasteiger partial charge in [-0.1, -0.05) is 29.8 Å². The molecule has 0 spiro atoms. The Bertz CT molecular complexity index is 1020. The summed E-state index contributed by atoms with van der Waals surface area (Å²) in [4.78, 5) is 6.79. The van der Waals surface area contributed by atoms with Crippen molar-refractivity contribution < 1.29 is 0 Å². The molecule has 1 aliphatic heterocycles. The van der Waals surface area contributed by atoms with E-state index in [9.17, 15) is 0 Å². The van der Waals surface area contributed by atoms with Gasteiger partial charge in [-0.3, -0.25) is 14.5 Å². The lowest BCUT2D eigenvalue weighted by Crippen LogP contribution is -2.27. The molecule has 1 aromatic carbocycles. The maximum atomic E-state index is 5.85. The third-order valence-electron chi connectivity index (χ3n) is 5.84. The number of hydrogen-bond acceptors (Lipinski definition) is 4. The van der Waals surface area contributed by atoms with Gasteiger partial charge in [-0.15, -0.1) is 0 Å². The largest absolute Gasteiger partial charge is 0.297 e. The first-order chi connectivity index (χ1) is 13.7. The molecule has 3 aromatic rings. The first-order valence-corrected chi connectivity index (χ1v) is 10.5. The first-order valence-electron chi connectivity index (χ1n) is 10.1. The second-order valence-corrected chi connectivity index (χ2v) is 8.34. The van der Waals surface area contributed by atoms with Crippen LogP contribution in [0.15, 0.2) is 48.8 Å². The number of nitrogens with zero attached hydrogens (tertiary/aromatic N) is 5. The van der Waals surface area contributed by atoms with Crippen molar-refractivity contribution in [1.82, 2.24) is 24.2 Å². The summed E-state index contributed by atoms with van der Waals surface area (Å²) in [7, 11) is 0. The summed E-state index contributed by atoms with van der Waals surface area (Å²) in [6, 6.07) is 13.9. The Morgan fingerprint density at radius 2 is 1.93 bits per heavy atom. The topological polar surface area (TPSA) is 38.9 Å². The molecule has 1 aliphatic carbocycles. The van der Waals surface area contributed by atoms with Crippen molar-refractivity contribution in [3.8, 4) is 11.4 Å². The number of hydrogen-bond donors (Lipinski definition) is 0. The molecule has 5 rings (SSSR count). The molecule has 144 valence electrons. The van der Waals surface area contributed by atoms with Gasteiger partial charge in [0.15, 0.2) is 10.6 Å². The monoisotopic (exact) mass is 391 g/mol. The van der Waals surface area contributed by atoms with Crippen LogP contribution in [-0.4, -0.2) is 30.8 Å². The van der Waals surface area contributed by atoms with Gasteiger partial charge >= 0.3 is 0 Å². The molecule has 0 amide bonds. The molecule has 1 atom stereocenters. The molecule has 0 radical (unpaired) electrons. The fourth-order valence-corrected chi connectivity index (χ4v) is 4.53. The van der Waals surface area contributed by atoms with Gasteiger partial charge in [-0.2, -0.15) is 5.10 Å². The van der Waals surface area contributed by atoms with Crippen molar-refractivity contribution in [3.63, 3.8) is 0 Å². The Hall–Kier alpha value is -2.31. The van der Waals surface area contributed by atoms with E-state index < -0.39 is 0 Å². The minimum absolute atomic E-state index is 0.440. The highest BCUT2D eigenvalue weighted by molar-refractivity contribution is 7.71. The third-order valence-corrected chi connectivity index (χ3v) is 6.25. The molecule has 2 aliphatic rings.